The summed E-state index contributed by atoms with van der Waals surface area (Å²) in [5, 5.41) is 2.78. The van der Waals surface area contributed by atoms with E-state index in [0.29, 0.717) is 30.2 Å². The number of benzene rings is 1. The first kappa shape index (κ1) is 15.4. The second kappa shape index (κ2) is 6.41. The number of carbonyl (C=O) groups excluding carboxylic acids is 1. The van der Waals surface area contributed by atoms with Gasteiger partial charge in [0.25, 0.3) is 5.91 Å². The lowest BCUT2D eigenvalue weighted by Crippen LogP contribution is -2.48. The molecule has 7 heteroatoms. The Kier molecular flexibility index (Phi) is 4.12. The molecule has 2 fully saturated rings. The molecule has 1 N–H and O–H groups in total. The summed E-state index contributed by atoms with van der Waals surface area (Å²) in [4.78, 5) is 22.9. The average molecular weight is 330 g/mol. The van der Waals surface area contributed by atoms with Crippen LogP contribution in [-0.2, 0) is 4.74 Å². The van der Waals surface area contributed by atoms with Gasteiger partial charge >= 0.3 is 0 Å². The second-order valence-electron chi connectivity index (χ2n) is 6.31. The fourth-order valence-electron chi connectivity index (χ4n) is 3.10. The zero-order valence-corrected chi connectivity index (χ0v) is 13.2. The van der Waals surface area contributed by atoms with Gasteiger partial charge in [0, 0.05) is 44.1 Å². The number of aromatic nitrogens is 2. The van der Waals surface area contributed by atoms with Crippen LogP contribution in [0.1, 0.15) is 23.2 Å². The SMILES string of the molecule is O=C(NCC1CN(C2CC2)CCO1)c1cc2nccnc2cc1F. The third-order valence-electron chi connectivity index (χ3n) is 4.53. The van der Waals surface area contributed by atoms with Gasteiger partial charge in [-0.1, -0.05) is 0 Å². The molecule has 4 rings (SSSR count). The number of morpholine rings is 1. The minimum atomic E-state index is -0.593. The molecular formula is C17H19FN4O2. The van der Waals surface area contributed by atoms with Crippen LogP contribution in [0.2, 0.25) is 0 Å². The van der Waals surface area contributed by atoms with Gasteiger partial charge in [-0.2, -0.15) is 0 Å². The number of hydrogen-bond donors (Lipinski definition) is 1. The van der Waals surface area contributed by atoms with E-state index >= 15 is 0 Å². The van der Waals surface area contributed by atoms with E-state index in [4.69, 9.17) is 4.74 Å². The minimum absolute atomic E-state index is 0.0159. The van der Waals surface area contributed by atoms with Crippen LogP contribution in [0.5, 0.6) is 0 Å². The van der Waals surface area contributed by atoms with E-state index in [2.05, 4.69) is 20.2 Å². The standard InChI is InChI=1S/C17H19FN4O2/c18-14-8-16-15(19-3-4-20-16)7-13(14)17(23)21-9-12-10-22(5-6-24-12)11-1-2-11/h3-4,7-8,11-12H,1-2,5-6,9-10H2,(H,21,23). The number of nitrogens with zero attached hydrogens (tertiary/aromatic N) is 3. The van der Waals surface area contributed by atoms with Crippen molar-refractivity contribution in [2.24, 2.45) is 0 Å². The molecule has 2 aromatic rings. The van der Waals surface area contributed by atoms with Crippen LogP contribution in [-0.4, -0.2) is 59.2 Å². The minimum Gasteiger partial charge on any atom is -0.374 e. The fraction of sp³-hybridized carbons (Fsp3) is 0.471. The van der Waals surface area contributed by atoms with Gasteiger partial charge in [-0.25, -0.2) is 4.39 Å². The van der Waals surface area contributed by atoms with E-state index in [1.54, 1.807) is 0 Å². The Balaban J connectivity index is 1.41. The van der Waals surface area contributed by atoms with E-state index in [1.807, 2.05) is 0 Å². The van der Waals surface area contributed by atoms with E-state index in [1.165, 1.54) is 37.4 Å². The lowest BCUT2D eigenvalue weighted by molar-refractivity contribution is -0.0293. The number of rotatable bonds is 4. The van der Waals surface area contributed by atoms with Crippen molar-refractivity contribution in [2.75, 3.05) is 26.2 Å². The van der Waals surface area contributed by atoms with Gasteiger partial charge < -0.3 is 10.1 Å². The topological polar surface area (TPSA) is 67.4 Å². The van der Waals surface area contributed by atoms with Gasteiger partial charge in [-0.15, -0.1) is 0 Å². The average Bonchev–Trinajstić information content (AvgIpc) is 3.44. The first-order chi connectivity index (χ1) is 11.7. The maximum Gasteiger partial charge on any atom is 0.254 e. The van der Waals surface area contributed by atoms with Crippen molar-refractivity contribution >= 4 is 16.9 Å². The Labute approximate surface area is 139 Å². The van der Waals surface area contributed by atoms with Gasteiger partial charge in [0.05, 0.1) is 29.3 Å². The molecule has 1 aliphatic carbocycles. The van der Waals surface area contributed by atoms with E-state index < -0.39 is 11.7 Å². The van der Waals surface area contributed by atoms with E-state index in [0.717, 1.165) is 13.1 Å². The van der Waals surface area contributed by atoms with E-state index in [-0.39, 0.29) is 11.7 Å². The normalized spacial score (nSPS) is 21.8. The number of ether oxygens (including phenoxy) is 1. The van der Waals surface area contributed by atoms with Crippen LogP contribution >= 0.6 is 0 Å². The summed E-state index contributed by atoms with van der Waals surface area (Å²) >= 11 is 0. The quantitative estimate of drug-likeness (QED) is 0.917. The number of hydrogen-bond acceptors (Lipinski definition) is 5. The summed E-state index contributed by atoms with van der Waals surface area (Å²) in [5.41, 5.74) is 0.915. The van der Waals surface area contributed by atoms with Crippen molar-refractivity contribution in [3.63, 3.8) is 0 Å². The first-order valence-electron chi connectivity index (χ1n) is 8.25. The van der Waals surface area contributed by atoms with Gasteiger partial charge in [-0.3, -0.25) is 19.7 Å². The Hall–Kier alpha value is -2.12. The van der Waals surface area contributed by atoms with Gasteiger partial charge in [0.1, 0.15) is 5.82 Å². The zero-order chi connectivity index (χ0) is 16.5. The Morgan fingerprint density at radius 2 is 2.04 bits per heavy atom. The maximum atomic E-state index is 14.1. The number of halogens is 1. The van der Waals surface area contributed by atoms with Crippen molar-refractivity contribution < 1.29 is 13.9 Å². The molecule has 6 nitrogen and oxygen atoms in total. The van der Waals surface area contributed by atoms with Gasteiger partial charge in [0.15, 0.2) is 0 Å². The highest BCUT2D eigenvalue weighted by Crippen LogP contribution is 2.28. The van der Waals surface area contributed by atoms with Crippen LogP contribution in [0.25, 0.3) is 11.0 Å². The van der Waals surface area contributed by atoms with Gasteiger partial charge in [-0.05, 0) is 18.9 Å². The maximum absolute atomic E-state index is 14.1. The Bertz CT molecular complexity index is 765. The molecule has 0 bridgehead atoms. The molecule has 1 aromatic carbocycles. The third kappa shape index (κ3) is 3.22. The van der Waals surface area contributed by atoms with Crippen LogP contribution < -0.4 is 5.32 Å². The summed E-state index contributed by atoms with van der Waals surface area (Å²) < 4.78 is 19.8. The molecular weight excluding hydrogens is 311 g/mol. The monoisotopic (exact) mass is 330 g/mol. The molecule has 2 heterocycles. The van der Waals surface area contributed by atoms with Crippen LogP contribution in [0.3, 0.4) is 0 Å². The highest BCUT2D eigenvalue weighted by atomic mass is 19.1. The third-order valence-corrected chi connectivity index (χ3v) is 4.53. The summed E-state index contributed by atoms with van der Waals surface area (Å²) in [7, 11) is 0. The van der Waals surface area contributed by atoms with Crippen molar-refractivity contribution in [3.8, 4) is 0 Å². The van der Waals surface area contributed by atoms with Crippen LogP contribution in [0.4, 0.5) is 4.39 Å². The van der Waals surface area contributed by atoms with Crippen molar-refractivity contribution in [2.45, 2.75) is 25.0 Å². The number of amides is 1. The molecule has 1 atom stereocenters. The molecule has 126 valence electrons. The van der Waals surface area contributed by atoms with Crippen molar-refractivity contribution in [3.05, 3.63) is 35.9 Å². The van der Waals surface area contributed by atoms with E-state index in [9.17, 15) is 9.18 Å². The fourth-order valence-corrected chi connectivity index (χ4v) is 3.10. The molecule has 0 spiro atoms. The molecule has 1 aromatic heterocycles. The molecule has 1 amide bonds. The molecule has 1 saturated carbocycles. The number of fused-ring (bicyclic) bond motifs is 1. The lowest BCUT2D eigenvalue weighted by Gasteiger charge is -2.33. The summed E-state index contributed by atoms with van der Waals surface area (Å²) in [5.74, 6) is -1.04. The Morgan fingerprint density at radius 1 is 1.29 bits per heavy atom. The second-order valence-corrected chi connectivity index (χ2v) is 6.31. The summed E-state index contributed by atoms with van der Waals surface area (Å²) in [6, 6.07) is 3.36. The molecule has 1 saturated heterocycles. The predicted octanol–water partition coefficient (Wildman–Crippen LogP) is 1.36. The highest BCUT2D eigenvalue weighted by molar-refractivity contribution is 5.97. The number of carbonyl (C=O) groups is 1. The predicted molar refractivity (Wildman–Crippen MR) is 86.2 cm³/mol. The van der Waals surface area contributed by atoms with Crippen molar-refractivity contribution in [1.82, 2.24) is 20.2 Å². The molecule has 1 unspecified atom stereocenters. The van der Waals surface area contributed by atoms with Crippen molar-refractivity contribution in [1.29, 1.82) is 0 Å². The number of nitrogens with one attached hydrogen (secondary N) is 1. The summed E-state index contributed by atoms with van der Waals surface area (Å²) in [6.07, 6.45) is 5.47. The molecule has 24 heavy (non-hydrogen) atoms. The molecule has 0 radical (unpaired) electrons. The summed E-state index contributed by atoms with van der Waals surface area (Å²) in [6.45, 7) is 2.82. The van der Waals surface area contributed by atoms with Crippen LogP contribution in [0, 0.1) is 5.82 Å². The largest absolute Gasteiger partial charge is 0.374 e. The zero-order valence-electron chi connectivity index (χ0n) is 13.2. The smallest absolute Gasteiger partial charge is 0.254 e. The van der Waals surface area contributed by atoms with Gasteiger partial charge in [0.2, 0.25) is 0 Å². The Morgan fingerprint density at radius 3 is 2.79 bits per heavy atom. The highest BCUT2D eigenvalue weighted by Gasteiger charge is 2.33. The van der Waals surface area contributed by atoms with Crippen LogP contribution in [0.15, 0.2) is 24.5 Å². The lowest BCUT2D eigenvalue weighted by atomic mass is 10.1. The molecule has 2 aliphatic rings. The first-order valence-corrected chi connectivity index (χ1v) is 8.25. The molecule has 1 aliphatic heterocycles.